The molecule has 0 saturated carbocycles. The third-order valence-corrected chi connectivity index (χ3v) is 4.64. The molecular weight excluding hydrogens is 354 g/mol. The van der Waals surface area contributed by atoms with E-state index in [9.17, 15) is 14.9 Å². The molecule has 6 nitrogen and oxygen atoms in total. The van der Waals surface area contributed by atoms with Crippen molar-refractivity contribution in [2.75, 3.05) is 0 Å². The summed E-state index contributed by atoms with van der Waals surface area (Å²) >= 11 is 0. The van der Waals surface area contributed by atoms with Crippen molar-refractivity contribution in [3.63, 3.8) is 0 Å². The van der Waals surface area contributed by atoms with E-state index in [4.69, 9.17) is 0 Å². The lowest BCUT2D eigenvalue weighted by atomic mass is 10.1. The van der Waals surface area contributed by atoms with E-state index in [1.165, 1.54) is 12.1 Å². The average molecular weight is 371 g/mol. The normalized spacial score (nSPS) is 10.9. The van der Waals surface area contributed by atoms with E-state index in [1.54, 1.807) is 6.07 Å². The molecule has 0 aliphatic heterocycles. The predicted octanol–water partition coefficient (Wildman–Crippen LogP) is 3.94. The minimum absolute atomic E-state index is 0.117. The molecule has 0 N–H and O–H groups in total. The highest BCUT2D eigenvalue weighted by Gasteiger charge is 2.15. The van der Waals surface area contributed by atoms with E-state index in [2.05, 4.69) is 4.98 Å². The monoisotopic (exact) mass is 371 g/mol. The van der Waals surface area contributed by atoms with E-state index in [0.717, 1.165) is 11.1 Å². The maximum atomic E-state index is 12.6. The third kappa shape index (κ3) is 3.53. The van der Waals surface area contributed by atoms with Gasteiger partial charge in [-0.2, -0.15) is 4.98 Å². The Balaban J connectivity index is 1.91. The largest absolute Gasteiger partial charge is 0.324 e. The van der Waals surface area contributed by atoms with Crippen LogP contribution in [-0.2, 0) is 13.0 Å². The molecule has 0 fully saturated rings. The summed E-state index contributed by atoms with van der Waals surface area (Å²) in [6.45, 7) is 0.518. The van der Waals surface area contributed by atoms with Crippen LogP contribution in [0.5, 0.6) is 0 Å². The van der Waals surface area contributed by atoms with Crippen LogP contribution in [0, 0.1) is 10.1 Å². The van der Waals surface area contributed by atoms with Crippen LogP contribution < -0.4 is 5.56 Å². The van der Waals surface area contributed by atoms with Gasteiger partial charge in [-0.25, -0.2) is 0 Å². The van der Waals surface area contributed by atoms with Gasteiger partial charge in [0.25, 0.3) is 11.2 Å². The first kappa shape index (κ1) is 17.6. The third-order valence-electron chi connectivity index (χ3n) is 4.64. The summed E-state index contributed by atoms with van der Waals surface area (Å²) in [7, 11) is 0. The number of non-ortho nitro benzene ring substituents is 1. The summed E-state index contributed by atoms with van der Waals surface area (Å²) in [5.41, 5.74) is 2.17. The molecule has 0 atom stereocenters. The highest BCUT2D eigenvalue weighted by molar-refractivity contribution is 5.81. The lowest BCUT2D eigenvalue weighted by Crippen LogP contribution is -2.20. The number of nitro groups is 1. The van der Waals surface area contributed by atoms with Crippen molar-refractivity contribution >= 4 is 16.6 Å². The van der Waals surface area contributed by atoms with Crippen molar-refractivity contribution in [1.82, 2.24) is 9.55 Å². The van der Waals surface area contributed by atoms with Crippen molar-refractivity contribution in [2.45, 2.75) is 13.0 Å². The van der Waals surface area contributed by atoms with Crippen LogP contribution >= 0.6 is 0 Å². The number of fused-ring (bicyclic) bond motifs is 1. The van der Waals surface area contributed by atoms with E-state index in [-0.39, 0.29) is 11.1 Å². The number of nitrogens with zero attached hydrogens (tertiary/aromatic N) is 3. The van der Waals surface area contributed by atoms with Gasteiger partial charge in [0.05, 0.1) is 15.8 Å². The molecule has 1 heterocycles. The van der Waals surface area contributed by atoms with Crippen LogP contribution in [-0.4, -0.2) is 14.5 Å². The average Bonchev–Trinajstić information content (AvgIpc) is 2.72. The quantitative estimate of drug-likeness (QED) is 0.393. The Bertz CT molecular complexity index is 1200. The molecule has 0 unspecified atom stereocenters. The minimum Gasteiger partial charge on any atom is -0.324 e. The fourth-order valence-electron chi connectivity index (χ4n) is 3.28. The van der Waals surface area contributed by atoms with Gasteiger partial charge >= 0.3 is 0 Å². The zero-order valence-electron chi connectivity index (χ0n) is 15.0. The molecule has 0 aliphatic rings. The lowest BCUT2D eigenvalue weighted by molar-refractivity contribution is -0.384. The Morgan fingerprint density at radius 1 is 0.893 bits per heavy atom. The zero-order chi connectivity index (χ0) is 19.5. The molecule has 4 rings (SSSR count). The number of nitro benzene ring substituents is 1. The van der Waals surface area contributed by atoms with Crippen LogP contribution in [0.3, 0.4) is 0 Å². The molecule has 1 aromatic heterocycles. The van der Waals surface area contributed by atoms with Gasteiger partial charge < -0.3 is 4.57 Å². The maximum absolute atomic E-state index is 12.6. The van der Waals surface area contributed by atoms with Gasteiger partial charge in [0.15, 0.2) is 0 Å². The predicted molar refractivity (Wildman–Crippen MR) is 107 cm³/mol. The summed E-state index contributed by atoms with van der Waals surface area (Å²) in [6, 6.07) is 24.0. The van der Waals surface area contributed by atoms with Gasteiger partial charge in [0, 0.05) is 25.1 Å². The second-order valence-electron chi connectivity index (χ2n) is 6.53. The number of hydrogen-bond donors (Lipinski definition) is 0. The molecule has 0 saturated heterocycles. The zero-order valence-corrected chi connectivity index (χ0v) is 15.0. The van der Waals surface area contributed by atoms with Crippen molar-refractivity contribution in [2.24, 2.45) is 0 Å². The summed E-state index contributed by atoms with van der Waals surface area (Å²) in [5.74, 6) is 0.626. The topological polar surface area (TPSA) is 78.0 Å². The fraction of sp³-hybridized carbons (Fsp3) is 0.0909. The van der Waals surface area contributed by atoms with Gasteiger partial charge in [-0.05, 0) is 17.2 Å². The van der Waals surface area contributed by atoms with Gasteiger partial charge in [-0.1, -0.05) is 60.7 Å². The van der Waals surface area contributed by atoms with Crippen LogP contribution in [0.2, 0.25) is 0 Å². The standard InChI is InChI=1S/C22H17N3O3/c26-22-19-14-18(25(27)28)11-12-20(19)24(15-17-9-5-2-6-10-17)21(23-22)13-16-7-3-1-4-8-16/h1-12,14H,13,15H2. The van der Waals surface area contributed by atoms with Crippen molar-refractivity contribution in [3.05, 3.63) is 116 Å². The van der Waals surface area contributed by atoms with Crippen LogP contribution in [0.1, 0.15) is 17.0 Å². The number of aromatic nitrogens is 2. The molecule has 6 heteroatoms. The first-order valence-electron chi connectivity index (χ1n) is 8.87. The number of hydrogen-bond acceptors (Lipinski definition) is 4. The van der Waals surface area contributed by atoms with E-state index >= 15 is 0 Å². The molecule has 3 aromatic carbocycles. The molecule has 0 spiro atoms. The van der Waals surface area contributed by atoms with Crippen molar-refractivity contribution < 1.29 is 4.92 Å². The van der Waals surface area contributed by atoms with Crippen LogP contribution in [0.25, 0.3) is 10.9 Å². The van der Waals surface area contributed by atoms with Gasteiger partial charge in [0.1, 0.15) is 5.82 Å². The fourth-order valence-corrected chi connectivity index (χ4v) is 3.28. The van der Waals surface area contributed by atoms with Gasteiger partial charge in [-0.15, -0.1) is 0 Å². The summed E-state index contributed by atoms with van der Waals surface area (Å²) in [5, 5.41) is 11.4. The maximum Gasteiger partial charge on any atom is 0.281 e. The second kappa shape index (κ2) is 7.44. The van der Waals surface area contributed by atoms with Crippen molar-refractivity contribution in [1.29, 1.82) is 0 Å². The number of benzene rings is 3. The van der Waals surface area contributed by atoms with E-state index in [0.29, 0.717) is 24.3 Å². The molecule has 0 amide bonds. The lowest BCUT2D eigenvalue weighted by Gasteiger charge is -2.16. The molecule has 28 heavy (non-hydrogen) atoms. The molecule has 0 radical (unpaired) electrons. The summed E-state index contributed by atoms with van der Waals surface area (Å²) < 4.78 is 1.96. The Morgan fingerprint density at radius 3 is 2.18 bits per heavy atom. The molecule has 4 aromatic rings. The van der Waals surface area contributed by atoms with E-state index in [1.807, 2.05) is 65.2 Å². The Hall–Kier alpha value is -3.80. The highest BCUT2D eigenvalue weighted by Crippen LogP contribution is 2.21. The SMILES string of the molecule is O=c1nc(Cc2ccccc2)n(Cc2ccccc2)c2ccc([N+](=O)[O-])cc12. The first-order valence-corrected chi connectivity index (χ1v) is 8.87. The van der Waals surface area contributed by atoms with Crippen LogP contribution in [0.15, 0.2) is 83.7 Å². The molecule has 138 valence electrons. The Morgan fingerprint density at radius 2 is 1.54 bits per heavy atom. The summed E-state index contributed by atoms with van der Waals surface area (Å²) in [6.07, 6.45) is 0.496. The first-order chi connectivity index (χ1) is 13.6. The number of rotatable bonds is 5. The molecule has 0 aliphatic carbocycles. The minimum atomic E-state index is -0.502. The van der Waals surface area contributed by atoms with E-state index < -0.39 is 10.5 Å². The van der Waals surface area contributed by atoms with Gasteiger partial charge in [-0.3, -0.25) is 14.9 Å². The Kier molecular flexibility index (Phi) is 4.68. The molecule has 0 bridgehead atoms. The summed E-state index contributed by atoms with van der Waals surface area (Å²) in [4.78, 5) is 27.5. The second-order valence-corrected chi connectivity index (χ2v) is 6.53. The van der Waals surface area contributed by atoms with Crippen molar-refractivity contribution in [3.8, 4) is 0 Å². The van der Waals surface area contributed by atoms with Gasteiger partial charge in [0.2, 0.25) is 0 Å². The van der Waals surface area contributed by atoms with Crippen LogP contribution in [0.4, 0.5) is 5.69 Å². The highest BCUT2D eigenvalue weighted by atomic mass is 16.6. The molecular formula is C22H17N3O3. The Labute approximate surface area is 160 Å². The smallest absolute Gasteiger partial charge is 0.281 e.